The highest BCUT2D eigenvalue weighted by atomic mass is 16.3. The van der Waals surface area contributed by atoms with Crippen molar-refractivity contribution in [3.63, 3.8) is 0 Å². The first kappa shape index (κ1) is 11.3. The lowest BCUT2D eigenvalue weighted by Gasteiger charge is -2.28. The summed E-state index contributed by atoms with van der Waals surface area (Å²) in [4.78, 5) is 4.17. The molecule has 4 heteroatoms. The van der Waals surface area contributed by atoms with Gasteiger partial charge in [0, 0.05) is 6.54 Å². The van der Waals surface area contributed by atoms with Crippen LogP contribution in [-0.2, 0) is 0 Å². The zero-order chi connectivity index (χ0) is 10.4. The summed E-state index contributed by atoms with van der Waals surface area (Å²) in [5.41, 5.74) is 5.53. The van der Waals surface area contributed by atoms with E-state index in [1.54, 1.807) is 0 Å². The quantitative estimate of drug-likeness (QED) is 0.459. The highest BCUT2D eigenvalue weighted by Gasteiger charge is 2.33. The average Bonchev–Trinajstić information content (AvgIpc) is 2.64. The molecule has 1 saturated carbocycles. The number of aliphatic imine (C=N–C) groups is 1. The van der Waals surface area contributed by atoms with Gasteiger partial charge in [-0.2, -0.15) is 0 Å². The zero-order valence-corrected chi connectivity index (χ0v) is 8.92. The van der Waals surface area contributed by atoms with Crippen molar-refractivity contribution in [2.45, 2.75) is 44.6 Å². The van der Waals surface area contributed by atoms with E-state index in [9.17, 15) is 5.11 Å². The minimum absolute atomic E-state index is 0.148. The van der Waals surface area contributed by atoms with Crippen molar-refractivity contribution in [2.24, 2.45) is 10.7 Å². The molecule has 0 bridgehead atoms. The molecule has 0 saturated heterocycles. The molecular formula is C10H21N3O. The SMILES string of the molecule is CCCN=C(N)NC1(CO)CCCC1. The van der Waals surface area contributed by atoms with Crippen LogP contribution in [-0.4, -0.2) is 29.8 Å². The van der Waals surface area contributed by atoms with Gasteiger partial charge in [-0.05, 0) is 19.3 Å². The molecule has 1 rings (SSSR count). The van der Waals surface area contributed by atoms with Gasteiger partial charge in [-0.15, -0.1) is 0 Å². The van der Waals surface area contributed by atoms with Crippen LogP contribution in [0.3, 0.4) is 0 Å². The molecule has 1 aliphatic carbocycles. The Morgan fingerprint density at radius 1 is 1.50 bits per heavy atom. The normalized spacial score (nSPS) is 21.1. The van der Waals surface area contributed by atoms with Gasteiger partial charge >= 0.3 is 0 Å². The van der Waals surface area contributed by atoms with Gasteiger partial charge in [-0.3, -0.25) is 4.99 Å². The predicted molar refractivity (Wildman–Crippen MR) is 58.2 cm³/mol. The summed E-state index contributed by atoms with van der Waals surface area (Å²) in [6, 6.07) is 0. The highest BCUT2D eigenvalue weighted by Crippen LogP contribution is 2.28. The monoisotopic (exact) mass is 199 g/mol. The molecule has 0 aromatic carbocycles. The largest absolute Gasteiger partial charge is 0.394 e. The lowest BCUT2D eigenvalue weighted by Crippen LogP contribution is -2.52. The second-order valence-corrected chi connectivity index (χ2v) is 4.04. The molecule has 14 heavy (non-hydrogen) atoms. The van der Waals surface area contributed by atoms with E-state index in [1.165, 1.54) is 0 Å². The lowest BCUT2D eigenvalue weighted by molar-refractivity contribution is 0.182. The first-order valence-corrected chi connectivity index (χ1v) is 5.41. The van der Waals surface area contributed by atoms with Gasteiger partial charge in [0.15, 0.2) is 5.96 Å². The van der Waals surface area contributed by atoms with E-state index in [-0.39, 0.29) is 12.1 Å². The van der Waals surface area contributed by atoms with Crippen LogP contribution in [0.15, 0.2) is 4.99 Å². The van der Waals surface area contributed by atoms with E-state index in [0.29, 0.717) is 5.96 Å². The molecule has 1 fully saturated rings. The third-order valence-electron chi connectivity index (χ3n) is 2.76. The fraction of sp³-hybridized carbons (Fsp3) is 0.900. The molecule has 82 valence electrons. The summed E-state index contributed by atoms with van der Waals surface area (Å²) in [5.74, 6) is 0.475. The second kappa shape index (κ2) is 5.20. The third kappa shape index (κ3) is 2.87. The smallest absolute Gasteiger partial charge is 0.189 e. The Morgan fingerprint density at radius 3 is 2.64 bits per heavy atom. The van der Waals surface area contributed by atoms with Gasteiger partial charge in [0.2, 0.25) is 0 Å². The van der Waals surface area contributed by atoms with E-state index in [4.69, 9.17) is 5.73 Å². The van der Waals surface area contributed by atoms with E-state index in [2.05, 4.69) is 17.2 Å². The van der Waals surface area contributed by atoms with Crippen molar-refractivity contribution < 1.29 is 5.11 Å². The number of guanidine groups is 1. The molecule has 0 spiro atoms. The summed E-state index contributed by atoms with van der Waals surface area (Å²) in [5, 5.41) is 12.5. The molecule has 4 N–H and O–H groups in total. The fourth-order valence-corrected chi connectivity index (χ4v) is 1.92. The van der Waals surface area contributed by atoms with Gasteiger partial charge in [0.1, 0.15) is 0 Å². The van der Waals surface area contributed by atoms with E-state index < -0.39 is 0 Å². The summed E-state index contributed by atoms with van der Waals surface area (Å²) in [6.45, 7) is 2.96. The van der Waals surface area contributed by atoms with Crippen LogP contribution < -0.4 is 11.1 Å². The van der Waals surface area contributed by atoms with Crippen molar-refractivity contribution in [2.75, 3.05) is 13.2 Å². The van der Waals surface area contributed by atoms with Gasteiger partial charge < -0.3 is 16.2 Å². The number of aliphatic hydroxyl groups is 1. The summed E-state index contributed by atoms with van der Waals surface area (Å²) in [7, 11) is 0. The summed E-state index contributed by atoms with van der Waals surface area (Å²) in [6.07, 6.45) is 5.30. The predicted octanol–water partition coefficient (Wildman–Crippen LogP) is 0.606. The molecule has 0 aromatic heterocycles. The molecule has 0 unspecified atom stereocenters. The van der Waals surface area contributed by atoms with Crippen LogP contribution in [0, 0.1) is 0 Å². The number of aliphatic hydroxyl groups excluding tert-OH is 1. The van der Waals surface area contributed by atoms with E-state index in [1.807, 2.05) is 0 Å². The van der Waals surface area contributed by atoms with Crippen molar-refractivity contribution in [3.8, 4) is 0 Å². The third-order valence-corrected chi connectivity index (χ3v) is 2.76. The number of rotatable bonds is 4. The minimum Gasteiger partial charge on any atom is -0.394 e. The number of nitrogens with one attached hydrogen (secondary N) is 1. The van der Waals surface area contributed by atoms with E-state index in [0.717, 1.165) is 38.6 Å². The van der Waals surface area contributed by atoms with Crippen LogP contribution in [0.2, 0.25) is 0 Å². The van der Waals surface area contributed by atoms with Gasteiger partial charge in [-0.1, -0.05) is 19.8 Å². The molecule has 0 heterocycles. The second-order valence-electron chi connectivity index (χ2n) is 4.04. The van der Waals surface area contributed by atoms with Crippen LogP contribution >= 0.6 is 0 Å². The Kier molecular flexibility index (Phi) is 4.20. The molecule has 0 amide bonds. The first-order chi connectivity index (χ1) is 6.72. The number of nitrogens with two attached hydrogens (primary N) is 1. The van der Waals surface area contributed by atoms with Crippen LogP contribution in [0.1, 0.15) is 39.0 Å². The van der Waals surface area contributed by atoms with Crippen molar-refractivity contribution in [3.05, 3.63) is 0 Å². The van der Waals surface area contributed by atoms with Crippen LogP contribution in [0.5, 0.6) is 0 Å². The molecular weight excluding hydrogens is 178 g/mol. The maximum atomic E-state index is 9.32. The molecule has 0 atom stereocenters. The molecule has 0 radical (unpaired) electrons. The Balaban J connectivity index is 2.47. The number of nitrogens with zero attached hydrogens (tertiary/aromatic N) is 1. The van der Waals surface area contributed by atoms with Crippen LogP contribution in [0.4, 0.5) is 0 Å². The Morgan fingerprint density at radius 2 is 2.14 bits per heavy atom. The van der Waals surface area contributed by atoms with Crippen molar-refractivity contribution >= 4 is 5.96 Å². The lowest BCUT2D eigenvalue weighted by atomic mass is 9.99. The topological polar surface area (TPSA) is 70.6 Å². The Labute approximate surface area is 85.6 Å². The molecule has 1 aliphatic rings. The van der Waals surface area contributed by atoms with Crippen LogP contribution in [0.25, 0.3) is 0 Å². The standard InChI is InChI=1S/C10H21N3O/c1-2-7-12-9(11)13-10(8-14)5-3-4-6-10/h14H,2-8H2,1H3,(H3,11,12,13). The Bertz CT molecular complexity index is 198. The van der Waals surface area contributed by atoms with Crippen molar-refractivity contribution in [1.82, 2.24) is 5.32 Å². The van der Waals surface area contributed by atoms with E-state index >= 15 is 0 Å². The molecule has 4 nitrogen and oxygen atoms in total. The Hall–Kier alpha value is -0.770. The highest BCUT2D eigenvalue weighted by molar-refractivity contribution is 5.78. The number of hydrogen-bond acceptors (Lipinski definition) is 2. The van der Waals surface area contributed by atoms with Gasteiger partial charge in [0.25, 0.3) is 0 Å². The molecule has 0 aromatic rings. The summed E-state index contributed by atoms with van der Waals surface area (Å²) < 4.78 is 0. The average molecular weight is 199 g/mol. The number of hydrogen-bond donors (Lipinski definition) is 3. The van der Waals surface area contributed by atoms with Crippen molar-refractivity contribution in [1.29, 1.82) is 0 Å². The zero-order valence-electron chi connectivity index (χ0n) is 8.92. The van der Waals surface area contributed by atoms with Gasteiger partial charge in [0.05, 0.1) is 12.1 Å². The first-order valence-electron chi connectivity index (χ1n) is 5.41. The minimum atomic E-state index is -0.193. The fourth-order valence-electron chi connectivity index (χ4n) is 1.92. The summed E-state index contributed by atoms with van der Waals surface area (Å²) >= 11 is 0. The molecule has 0 aliphatic heterocycles. The maximum Gasteiger partial charge on any atom is 0.189 e. The van der Waals surface area contributed by atoms with Gasteiger partial charge in [-0.25, -0.2) is 0 Å². The maximum absolute atomic E-state index is 9.32.